The van der Waals surface area contributed by atoms with Gasteiger partial charge in [0.1, 0.15) is 11.3 Å². The Kier molecular flexibility index (Phi) is 3.89. The van der Waals surface area contributed by atoms with Crippen LogP contribution < -0.4 is 10.2 Å². The molecule has 27 heavy (non-hydrogen) atoms. The molecule has 0 spiro atoms. The quantitative estimate of drug-likeness (QED) is 0.562. The van der Waals surface area contributed by atoms with Crippen LogP contribution in [0.5, 0.6) is 0 Å². The number of pyridine rings is 2. The second-order valence-electron chi connectivity index (χ2n) is 7.17. The number of aromatic amines is 1. The molecule has 0 radical (unpaired) electrons. The third-order valence-electron chi connectivity index (χ3n) is 5.18. The number of piperidine rings is 1. The van der Waals surface area contributed by atoms with Crippen LogP contribution in [0.3, 0.4) is 0 Å². The summed E-state index contributed by atoms with van der Waals surface area (Å²) in [6.45, 7) is 4.26. The Labute approximate surface area is 157 Å². The number of aryl methyl sites for hydroxylation is 1. The third kappa shape index (κ3) is 2.97. The number of hydrogen-bond donors (Lipinski definition) is 2. The van der Waals surface area contributed by atoms with Crippen molar-refractivity contribution in [2.75, 3.05) is 23.3 Å². The number of anilines is 3. The summed E-state index contributed by atoms with van der Waals surface area (Å²) in [5, 5.41) is 13.2. The Morgan fingerprint density at radius 1 is 1.07 bits per heavy atom. The fourth-order valence-electron chi connectivity index (χ4n) is 3.87. The summed E-state index contributed by atoms with van der Waals surface area (Å²) in [5.74, 6) is 1.86. The highest BCUT2D eigenvalue weighted by atomic mass is 15.2. The summed E-state index contributed by atoms with van der Waals surface area (Å²) < 4.78 is 0. The molecule has 6 heteroatoms. The molecule has 6 nitrogen and oxygen atoms in total. The number of aromatic nitrogens is 4. The van der Waals surface area contributed by atoms with Crippen molar-refractivity contribution < 1.29 is 0 Å². The first-order chi connectivity index (χ1) is 13.3. The molecular formula is C21H22N6. The van der Waals surface area contributed by atoms with E-state index in [0.717, 1.165) is 47.1 Å². The van der Waals surface area contributed by atoms with E-state index in [-0.39, 0.29) is 0 Å². The van der Waals surface area contributed by atoms with E-state index in [9.17, 15) is 0 Å². The second kappa shape index (κ2) is 6.54. The van der Waals surface area contributed by atoms with Crippen molar-refractivity contribution in [2.45, 2.75) is 26.2 Å². The molecule has 0 saturated carbocycles. The van der Waals surface area contributed by atoms with Gasteiger partial charge in [-0.2, -0.15) is 5.10 Å². The third-order valence-corrected chi connectivity index (χ3v) is 5.18. The normalized spacial score (nSPS) is 14.8. The van der Waals surface area contributed by atoms with Gasteiger partial charge in [0.15, 0.2) is 5.82 Å². The van der Waals surface area contributed by atoms with Gasteiger partial charge in [-0.15, -0.1) is 0 Å². The Morgan fingerprint density at radius 2 is 1.96 bits per heavy atom. The molecule has 1 aliphatic rings. The molecule has 0 amide bonds. The molecule has 4 heterocycles. The molecule has 1 saturated heterocycles. The van der Waals surface area contributed by atoms with Gasteiger partial charge in [-0.1, -0.05) is 0 Å². The van der Waals surface area contributed by atoms with Crippen LogP contribution in [0.25, 0.3) is 21.8 Å². The first kappa shape index (κ1) is 16.1. The van der Waals surface area contributed by atoms with Gasteiger partial charge in [-0.25, -0.2) is 4.98 Å². The van der Waals surface area contributed by atoms with E-state index in [4.69, 9.17) is 4.98 Å². The fraction of sp³-hybridized carbons (Fsp3) is 0.286. The minimum absolute atomic E-state index is 0.743. The predicted molar refractivity (Wildman–Crippen MR) is 110 cm³/mol. The number of rotatable bonds is 3. The maximum Gasteiger partial charge on any atom is 0.178 e. The van der Waals surface area contributed by atoms with Gasteiger partial charge in [0.2, 0.25) is 0 Å². The largest absolute Gasteiger partial charge is 0.356 e. The molecule has 1 aliphatic heterocycles. The maximum absolute atomic E-state index is 4.85. The lowest BCUT2D eigenvalue weighted by atomic mass is 10.1. The summed E-state index contributed by atoms with van der Waals surface area (Å²) >= 11 is 0. The summed E-state index contributed by atoms with van der Waals surface area (Å²) in [6.07, 6.45) is 5.59. The number of fused-ring (bicyclic) bond motifs is 2. The highest BCUT2D eigenvalue weighted by molar-refractivity contribution is 5.96. The van der Waals surface area contributed by atoms with Crippen LogP contribution in [0.1, 0.15) is 25.0 Å². The smallest absolute Gasteiger partial charge is 0.178 e. The van der Waals surface area contributed by atoms with Crippen molar-refractivity contribution in [3.63, 3.8) is 0 Å². The van der Waals surface area contributed by atoms with Crippen molar-refractivity contribution in [3.8, 4) is 0 Å². The first-order valence-electron chi connectivity index (χ1n) is 9.50. The number of hydrogen-bond acceptors (Lipinski definition) is 5. The van der Waals surface area contributed by atoms with Crippen molar-refractivity contribution in [3.05, 3.63) is 48.3 Å². The summed E-state index contributed by atoms with van der Waals surface area (Å²) in [7, 11) is 0. The Hall–Kier alpha value is -3.15. The van der Waals surface area contributed by atoms with Crippen LogP contribution >= 0.6 is 0 Å². The van der Waals surface area contributed by atoms with Gasteiger partial charge in [-0.05, 0) is 68.0 Å². The molecule has 4 aromatic rings. The average Bonchev–Trinajstić information content (AvgIpc) is 3.11. The lowest BCUT2D eigenvalue weighted by Crippen LogP contribution is -2.30. The van der Waals surface area contributed by atoms with E-state index in [0.29, 0.717) is 0 Å². The number of H-pyrrole nitrogens is 1. The van der Waals surface area contributed by atoms with Gasteiger partial charge in [0.05, 0.1) is 5.52 Å². The van der Waals surface area contributed by atoms with Crippen LogP contribution in [0.4, 0.5) is 17.3 Å². The van der Waals surface area contributed by atoms with E-state index in [1.165, 1.54) is 30.0 Å². The van der Waals surface area contributed by atoms with E-state index in [1.807, 2.05) is 12.1 Å². The molecule has 0 atom stereocenters. The first-order valence-corrected chi connectivity index (χ1v) is 9.50. The number of benzene rings is 1. The van der Waals surface area contributed by atoms with E-state index in [1.54, 1.807) is 6.20 Å². The molecule has 136 valence electrons. The van der Waals surface area contributed by atoms with E-state index < -0.39 is 0 Å². The fourth-order valence-corrected chi connectivity index (χ4v) is 3.87. The van der Waals surface area contributed by atoms with Gasteiger partial charge < -0.3 is 10.2 Å². The lowest BCUT2D eigenvalue weighted by Gasteiger charge is -2.29. The number of nitrogens with zero attached hydrogens (tertiary/aromatic N) is 4. The minimum atomic E-state index is 0.743. The van der Waals surface area contributed by atoms with Crippen LogP contribution in [0.15, 0.2) is 42.6 Å². The zero-order valence-electron chi connectivity index (χ0n) is 15.4. The van der Waals surface area contributed by atoms with Gasteiger partial charge in [-0.3, -0.25) is 10.1 Å². The van der Waals surface area contributed by atoms with E-state index >= 15 is 0 Å². The van der Waals surface area contributed by atoms with Gasteiger partial charge >= 0.3 is 0 Å². The highest BCUT2D eigenvalue weighted by Crippen LogP contribution is 2.31. The standard InChI is InChI=1S/C21H22N6/c1-14-12-15-13-16(24-20-19-18(25-26-20)6-5-9-22-19)7-8-17(15)21(23-14)27-10-3-2-4-11-27/h5-9,12-13H,2-4,10-11H2,1H3,(H2,24,25,26). The number of nitrogens with one attached hydrogen (secondary N) is 2. The van der Waals surface area contributed by atoms with Crippen molar-refractivity contribution in [1.82, 2.24) is 20.2 Å². The molecule has 2 N–H and O–H groups in total. The van der Waals surface area contributed by atoms with Crippen molar-refractivity contribution in [1.29, 1.82) is 0 Å². The second-order valence-corrected chi connectivity index (χ2v) is 7.17. The summed E-state index contributed by atoms with van der Waals surface area (Å²) in [4.78, 5) is 11.7. The SMILES string of the molecule is Cc1cc2cc(Nc3n[nH]c4cccnc34)ccc2c(N2CCCCC2)n1. The Balaban J connectivity index is 1.53. The van der Waals surface area contributed by atoms with Crippen LogP contribution in [0.2, 0.25) is 0 Å². The molecule has 1 fully saturated rings. The maximum atomic E-state index is 4.85. The summed E-state index contributed by atoms with van der Waals surface area (Å²) in [6, 6.07) is 12.4. The zero-order chi connectivity index (χ0) is 18.2. The average molecular weight is 358 g/mol. The monoisotopic (exact) mass is 358 g/mol. The Morgan fingerprint density at radius 3 is 2.85 bits per heavy atom. The van der Waals surface area contributed by atoms with Gasteiger partial charge in [0, 0.05) is 36.1 Å². The van der Waals surface area contributed by atoms with Crippen LogP contribution in [-0.2, 0) is 0 Å². The molecule has 5 rings (SSSR count). The van der Waals surface area contributed by atoms with Crippen LogP contribution in [0, 0.1) is 6.92 Å². The zero-order valence-corrected chi connectivity index (χ0v) is 15.4. The summed E-state index contributed by atoms with van der Waals surface area (Å²) in [5.41, 5.74) is 3.81. The topological polar surface area (TPSA) is 69.7 Å². The lowest BCUT2D eigenvalue weighted by molar-refractivity contribution is 0.574. The van der Waals surface area contributed by atoms with Crippen molar-refractivity contribution >= 4 is 39.1 Å². The van der Waals surface area contributed by atoms with Crippen LogP contribution in [-0.4, -0.2) is 33.3 Å². The molecule has 0 unspecified atom stereocenters. The minimum Gasteiger partial charge on any atom is -0.356 e. The molecular weight excluding hydrogens is 336 g/mol. The predicted octanol–water partition coefficient (Wildman–Crippen LogP) is 4.55. The Bertz CT molecular complexity index is 1110. The molecule has 3 aromatic heterocycles. The molecule has 0 bridgehead atoms. The molecule has 1 aromatic carbocycles. The van der Waals surface area contributed by atoms with E-state index in [2.05, 4.69) is 56.6 Å². The van der Waals surface area contributed by atoms with Crippen molar-refractivity contribution in [2.24, 2.45) is 0 Å². The van der Waals surface area contributed by atoms with Gasteiger partial charge in [0.25, 0.3) is 0 Å². The molecule has 0 aliphatic carbocycles. The highest BCUT2D eigenvalue weighted by Gasteiger charge is 2.16.